The molecule has 2 rings (SSSR count). The molecular formula is C23H37N2O4+. The van der Waals surface area contributed by atoms with Gasteiger partial charge in [-0.1, -0.05) is 37.6 Å². The minimum absolute atomic E-state index is 0.0592. The fourth-order valence-corrected chi connectivity index (χ4v) is 2.14. The van der Waals surface area contributed by atoms with Crippen molar-refractivity contribution < 1.29 is 23.9 Å². The van der Waals surface area contributed by atoms with Gasteiger partial charge in [-0.25, -0.2) is 4.57 Å². The second kappa shape index (κ2) is 20.3. The summed E-state index contributed by atoms with van der Waals surface area (Å²) in [7, 11) is 1.57. The Hall–Kier alpha value is -2.44. The zero-order valence-electron chi connectivity index (χ0n) is 17.9. The van der Waals surface area contributed by atoms with Gasteiger partial charge in [0.15, 0.2) is 12.4 Å². The third-order valence-corrected chi connectivity index (χ3v) is 3.69. The number of pyridine rings is 1. The van der Waals surface area contributed by atoms with Gasteiger partial charge < -0.3 is 19.5 Å². The first-order chi connectivity index (χ1) is 14.1. The topological polar surface area (TPSA) is 62.9 Å². The van der Waals surface area contributed by atoms with Crippen LogP contribution in [0, 0.1) is 0 Å². The molecular weight excluding hydrogens is 368 g/mol. The van der Waals surface area contributed by atoms with Crippen LogP contribution in [-0.4, -0.2) is 56.0 Å². The van der Waals surface area contributed by atoms with Gasteiger partial charge in [0.1, 0.15) is 6.54 Å². The number of carboxylic acids is 1. The van der Waals surface area contributed by atoms with Crippen LogP contribution in [-0.2, 0) is 20.8 Å². The van der Waals surface area contributed by atoms with E-state index in [4.69, 9.17) is 9.84 Å². The van der Waals surface area contributed by atoms with E-state index < -0.39 is 5.97 Å². The molecule has 0 amide bonds. The Bertz CT molecular complexity index is 572. The number of aliphatic carboxylic acids is 1. The Morgan fingerprint density at radius 1 is 1.21 bits per heavy atom. The summed E-state index contributed by atoms with van der Waals surface area (Å²) in [6.45, 7) is 10.2. The van der Waals surface area contributed by atoms with Gasteiger partial charge in [0.2, 0.25) is 0 Å². The summed E-state index contributed by atoms with van der Waals surface area (Å²) < 4.78 is 11.8. The predicted octanol–water partition coefficient (Wildman–Crippen LogP) is 3.46. The minimum atomic E-state index is -0.836. The number of hydrogen-bond acceptors (Lipinski definition) is 4. The maximum atomic E-state index is 9.92. The van der Waals surface area contributed by atoms with Crippen LogP contribution in [0.15, 0.2) is 67.7 Å². The van der Waals surface area contributed by atoms with Crippen molar-refractivity contribution in [1.82, 2.24) is 4.90 Å². The van der Waals surface area contributed by atoms with Crippen molar-refractivity contribution in [3.8, 4) is 0 Å². The van der Waals surface area contributed by atoms with Crippen LogP contribution in [0.5, 0.6) is 0 Å². The molecule has 6 nitrogen and oxygen atoms in total. The second-order valence-corrected chi connectivity index (χ2v) is 6.23. The summed E-state index contributed by atoms with van der Waals surface area (Å²) in [6, 6.07) is 6.17. The third-order valence-electron chi connectivity index (χ3n) is 3.69. The third kappa shape index (κ3) is 18.7. The second-order valence-electron chi connectivity index (χ2n) is 6.23. The lowest BCUT2D eigenvalue weighted by Gasteiger charge is -2.17. The summed E-state index contributed by atoms with van der Waals surface area (Å²) in [5, 5.41) is 8.16. The molecule has 1 aliphatic rings. The van der Waals surface area contributed by atoms with Crippen LogP contribution in [0.3, 0.4) is 0 Å². The van der Waals surface area contributed by atoms with E-state index in [1.165, 1.54) is 12.8 Å². The van der Waals surface area contributed by atoms with E-state index in [1.807, 2.05) is 18.2 Å². The largest absolute Gasteiger partial charge is 0.481 e. The highest BCUT2D eigenvalue weighted by molar-refractivity contribution is 5.66. The first-order valence-electron chi connectivity index (χ1n) is 10.0. The van der Waals surface area contributed by atoms with Crippen LogP contribution in [0.4, 0.5) is 0 Å². The molecule has 0 spiro atoms. The molecule has 29 heavy (non-hydrogen) atoms. The minimum Gasteiger partial charge on any atom is -0.481 e. The Balaban J connectivity index is 0.000000406. The summed E-state index contributed by atoms with van der Waals surface area (Å²) in [5.41, 5.74) is 0. The van der Waals surface area contributed by atoms with Crippen LogP contribution in [0.1, 0.15) is 26.2 Å². The van der Waals surface area contributed by atoms with Crippen LogP contribution in [0.25, 0.3) is 0 Å². The Morgan fingerprint density at radius 2 is 1.97 bits per heavy atom. The van der Waals surface area contributed by atoms with Crippen molar-refractivity contribution in [1.29, 1.82) is 0 Å². The molecule has 2 heterocycles. The van der Waals surface area contributed by atoms with Crippen molar-refractivity contribution in [3.63, 3.8) is 0 Å². The smallest absolute Gasteiger partial charge is 0.305 e. The number of methoxy groups -OCH3 is 1. The summed E-state index contributed by atoms with van der Waals surface area (Å²) in [4.78, 5) is 12.1. The number of nitrogens with zero attached hydrogens (tertiary/aromatic N) is 2. The van der Waals surface area contributed by atoms with Crippen molar-refractivity contribution in [3.05, 3.63) is 67.7 Å². The molecule has 0 bridgehead atoms. The van der Waals surface area contributed by atoms with Gasteiger partial charge in [0.05, 0.1) is 26.2 Å². The lowest BCUT2D eigenvalue weighted by atomic mass is 10.3. The normalized spacial score (nSPS) is 11.7. The number of hydrogen-bond donors (Lipinski definition) is 1. The number of allylic oxidation sites excluding steroid dienone is 2. The number of ether oxygens (including phenoxy) is 2. The zero-order valence-corrected chi connectivity index (χ0v) is 17.9. The van der Waals surface area contributed by atoms with Crippen LogP contribution < -0.4 is 4.57 Å². The van der Waals surface area contributed by atoms with Gasteiger partial charge in [-0.2, -0.15) is 0 Å². The quantitative estimate of drug-likeness (QED) is 0.347. The lowest BCUT2D eigenvalue weighted by molar-refractivity contribution is -0.697. The maximum Gasteiger partial charge on any atom is 0.305 e. The van der Waals surface area contributed by atoms with E-state index in [-0.39, 0.29) is 13.0 Å². The van der Waals surface area contributed by atoms with E-state index in [0.717, 1.165) is 19.6 Å². The molecule has 1 aromatic rings. The molecule has 1 N–H and O–H groups in total. The first kappa shape index (κ1) is 26.6. The number of carboxylic acid groups (broad SMARTS) is 1. The monoisotopic (exact) mass is 405 g/mol. The molecule has 1 aliphatic heterocycles. The number of aryl methyl sites for hydroxylation is 1. The van der Waals surface area contributed by atoms with Gasteiger partial charge >= 0.3 is 5.97 Å². The van der Waals surface area contributed by atoms with Gasteiger partial charge in [-0.05, 0) is 12.3 Å². The van der Waals surface area contributed by atoms with Crippen LogP contribution >= 0.6 is 0 Å². The zero-order chi connectivity index (χ0) is 21.6. The molecule has 0 saturated carbocycles. The summed E-state index contributed by atoms with van der Waals surface area (Å²) >= 11 is 0. The molecule has 0 atom stereocenters. The molecule has 162 valence electrons. The van der Waals surface area contributed by atoms with Crippen molar-refractivity contribution in [2.24, 2.45) is 0 Å². The van der Waals surface area contributed by atoms with Gasteiger partial charge in [-0.3, -0.25) is 4.79 Å². The summed E-state index contributed by atoms with van der Waals surface area (Å²) in [6.07, 6.45) is 17.0. The number of unbranched alkanes of at least 4 members (excludes halogenated alkanes) is 1. The van der Waals surface area contributed by atoms with Crippen molar-refractivity contribution in [2.45, 2.75) is 32.7 Å². The molecule has 0 aliphatic carbocycles. The van der Waals surface area contributed by atoms with Crippen LogP contribution in [0.2, 0.25) is 0 Å². The standard InChI is InChI=1S/C9H14N.C8H11N.C6H12O4/c1-2-3-7-10-8-5-4-6-9-10;1-2-6-9-7-4-3-5-8-9;1-9-4-5-10-3-2-6(7)8/h4-6,8-9H,2-3,7H2,1H3;2-5,7H,1,6,8H2;2-5H2,1H3,(H,7,8)/q+1;;. The van der Waals surface area contributed by atoms with Gasteiger partial charge in [0.25, 0.3) is 0 Å². The van der Waals surface area contributed by atoms with Gasteiger partial charge in [0, 0.05) is 38.8 Å². The van der Waals surface area contributed by atoms with E-state index in [1.54, 1.807) is 7.11 Å². The highest BCUT2D eigenvalue weighted by atomic mass is 16.5. The Kier molecular flexibility index (Phi) is 18.6. The number of aromatic nitrogens is 1. The fraction of sp³-hybridized carbons (Fsp3) is 0.478. The van der Waals surface area contributed by atoms with Crippen molar-refractivity contribution in [2.75, 3.05) is 40.0 Å². The molecule has 0 radical (unpaired) electrons. The first-order valence-corrected chi connectivity index (χ1v) is 10.0. The van der Waals surface area contributed by atoms with E-state index in [2.05, 4.69) is 70.6 Å². The Morgan fingerprint density at radius 3 is 2.52 bits per heavy atom. The number of carbonyl (C=O) groups is 1. The highest BCUT2D eigenvalue weighted by Gasteiger charge is 1.95. The maximum absolute atomic E-state index is 9.92. The lowest BCUT2D eigenvalue weighted by Crippen LogP contribution is -2.31. The SMILES string of the molecule is C=CCN1C=CC=CC1.CCCC[n+]1ccccc1.COCCOCCC(=O)O. The molecule has 0 fully saturated rings. The molecule has 0 aromatic carbocycles. The molecule has 1 aromatic heterocycles. The van der Waals surface area contributed by atoms with Crippen molar-refractivity contribution >= 4 is 5.97 Å². The number of rotatable bonds is 11. The average Bonchev–Trinajstić information content (AvgIpc) is 2.75. The van der Waals surface area contributed by atoms with E-state index >= 15 is 0 Å². The summed E-state index contributed by atoms with van der Waals surface area (Å²) in [5.74, 6) is -0.836. The highest BCUT2D eigenvalue weighted by Crippen LogP contribution is 1.96. The average molecular weight is 406 g/mol. The van der Waals surface area contributed by atoms with E-state index in [9.17, 15) is 4.79 Å². The molecule has 0 saturated heterocycles. The molecule has 0 unspecified atom stereocenters. The van der Waals surface area contributed by atoms with E-state index in [0.29, 0.717) is 13.2 Å². The molecule has 6 heteroatoms. The van der Waals surface area contributed by atoms with Gasteiger partial charge in [-0.15, -0.1) is 6.58 Å². The fourth-order valence-electron chi connectivity index (χ4n) is 2.14. The Labute approximate surface area is 175 Å². The predicted molar refractivity (Wildman–Crippen MR) is 117 cm³/mol.